The SMILES string of the molecule is CCCCCCC(O)CCN(CCCN(C)C)C(=O)OC(CCCCCCCCC(=O)OC(CCCCCC)CCCCCC)CCCCCCCCC(=O)OC(CCCCCC)CCCCCC. The normalized spacial score (nSPS) is 12.2. The molecule has 0 radical (unpaired) electrons. The Kier molecular flexibility index (Phi) is 49.7. The monoisotopic (exact) mass is 979 g/mol. The van der Waals surface area contributed by atoms with Crippen LogP contribution in [0, 0.1) is 0 Å². The predicted molar refractivity (Wildman–Crippen MR) is 293 cm³/mol. The number of amides is 1. The highest BCUT2D eigenvalue weighted by molar-refractivity contribution is 5.70. The van der Waals surface area contributed by atoms with E-state index in [2.05, 4.69) is 53.6 Å². The number of carbonyl (C=O) groups excluding carboxylic acids is 3. The van der Waals surface area contributed by atoms with Crippen molar-refractivity contribution in [3.63, 3.8) is 0 Å². The summed E-state index contributed by atoms with van der Waals surface area (Å²) in [5.74, 6) is -0.0317. The molecule has 0 saturated heterocycles. The molecule has 410 valence electrons. The Morgan fingerprint density at radius 1 is 0.348 bits per heavy atom. The van der Waals surface area contributed by atoms with Crippen LogP contribution in [0.2, 0.25) is 0 Å². The van der Waals surface area contributed by atoms with Gasteiger partial charge >= 0.3 is 18.0 Å². The van der Waals surface area contributed by atoms with Crippen LogP contribution in [0.25, 0.3) is 0 Å². The van der Waals surface area contributed by atoms with Crippen LogP contribution in [-0.2, 0) is 23.8 Å². The predicted octanol–water partition coefficient (Wildman–Crippen LogP) is 17.4. The molecule has 0 fully saturated rings. The average Bonchev–Trinajstić information content (AvgIpc) is 3.32. The summed E-state index contributed by atoms with van der Waals surface area (Å²) in [6, 6.07) is 0. The van der Waals surface area contributed by atoms with Gasteiger partial charge in [0.25, 0.3) is 0 Å². The van der Waals surface area contributed by atoms with Crippen molar-refractivity contribution >= 4 is 18.0 Å². The molecule has 0 aliphatic carbocycles. The van der Waals surface area contributed by atoms with Gasteiger partial charge in [-0.05, 0) is 130 Å². The molecule has 0 aromatic heterocycles. The first kappa shape index (κ1) is 67.1. The second kappa shape index (κ2) is 51.0. The van der Waals surface area contributed by atoms with E-state index in [1.165, 1.54) is 89.9 Å². The Morgan fingerprint density at radius 2 is 0.652 bits per heavy atom. The molecular weight excluding hydrogens is 861 g/mol. The second-order valence-electron chi connectivity index (χ2n) is 21.4. The van der Waals surface area contributed by atoms with E-state index in [0.717, 1.165) is 173 Å². The number of carbonyl (C=O) groups is 3. The highest BCUT2D eigenvalue weighted by atomic mass is 16.6. The molecular formula is C60H118N2O7. The number of unbranched alkanes of at least 4 members (excludes halogenated alkanes) is 25. The third-order valence-electron chi connectivity index (χ3n) is 14.1. The van der Waals surface area contributed by atoms with E-state index in [1.54, 1.807) is 0 Å². The van der Waals surface area contributed by atoms with Gasteiger partial charge in [0, 0.05) is 25.9 Å². The van der Waals surface area contributed by atoms with Crippen LogP contribution in [0.4, 0.5) is 4.79 Å². The highest BCUT2D eigenvalue weighted by Gasteiger charge is 2.22. The Morgan fingerprint density at radius 3 is 1.00 bits per heavy atom. The van der Waals surface area contributed by atoms with E-state index in [-0.39, 0.29) is 36.3 Å². The van der Waals surface area contributed by atoms with Crippen molar-refractivity contribution in [2.45, 2.75) is 335 Å². The molecule has 9 nitrogen and oxygen atoms in total. The summed E-state index contributed by atoms with van der Waals surface area (Å²) in [6.07, 6.45) is 44.9. The van der Waals surface area contributed by atoms with E-state index >= 15 is 0 Å². The second-order valence-corrected chi connectivity index (χ2v) is 21.4. The van der Waals surface area contributed by atoms with Crippen molar-refractivity contribution in [3.8, 4) is 0 Å². The maximum absolute atomic E-state index is 13.8. The van der Waals surface area contributed by atoms with Gasteiger partial charge in [-0.15, -0.1) is 0 Å². The number of ether oxygens (including phenoxy) is 3. The first-order valence-electron chi connectivity index (χ1n) is 30.3. The minimum absolute atomic E-state index is 0.0159. The van der Waals surface area contributed by atoms with Crippen molar-refractivity contribution in [1.82, 2.24) is 9.80 Å². The van der Waals surface area contributed by atoms with Gasteiger partial charge in [0.05, 0.1) is 6.10 Å². The number of esters is 2. The van der Waals surface area contributed by atoms with Gasteiger partial charge in [-0.25, -0.2) is 4.79 Å². The lowest BCUT2D eigenvalue weighted by molar-refractivity contribution is -0.151. The van der Waals surface area contributed by atoms with Crippen molar-refractivity contribution in [1.29, 1.82) is 0 Å². The van der Waals surface area contributed by atoms with E-state index in [0.29, 0.717) is 32.4 Å². The van der Waals surface area contributed by atoms with Gasteiger partial charge < -0.3 is 29.1 Å². The van der Waals surface area contributed by atoms with Gasteiger partial charge in [-0.1, -0.05) is 189 Å². The van der Waals surface area contributed by atoms with Gasteiger partial charge in [0.2, 0.25) is 0 Å². The summed E-state index contributed by atoms with van der Waals surface area (Å²) in [6.45, 7) is 13.2. The first-order valence-corrected chi connectivity index (χ1v) is 30.3. The lowest BCUT2D eigenvalue weighted by Gasteiger charge is -2.27. The molecule has 69 heavy (non-hydrogen) atoms. The van der Waals surface area contributed by atoms with Gasteiger partial charge in [-0.2, -0.15) is 0 Å². The zero-order valence-corrected chi connectivity index (χ0v) is 47.1. The first-order chi connectivity index (χ1) is 33.6. The summed E-state index contributed by atoms with van der Waals surface area (Å²) in [7, 11) is 4.12. The fourth-order valence-corrected chi connectivity index (χ4v) is 9.51. The van der Waals surface area contributed by atoms with Crippen LogP contribution in [0.5, 0.6) is 0 Å². The number of hydrogen-bond acceptors (Lipinski definition) is 8. The number of aliphatic hydroxyl groups is 1. The quantitative estimate of drug-likeness (QED) is 0.0365. The van der Waals surface area contributed by atoms with Crippen molar-refractivity contribution in [3.05, 3.63) is 0 Å². The summed E-state index contributed by atoms with van der Waals surface area (Å²) in [4.78, 5) is 43.5. The largest absolute Gasteiger partial charge is 0.462 e. The van der Waals surface area contributed by atoms with E-state index in [1.807, 2.05) is 4.90 Å². The minimum atomic E-state index is -0.395. The van der Waals surface area contributed by atoms with Crippen LogP contribution in [0.15, 0.2) is 0 Å². The molecule has 1 amide bonds. The molecule has 0 bridgehead atoms. The van der Waals surface area contributed by atoms with Crippen LogP contribution in [0.3, 0.4) is 0 Å². The number of rotatable bonds is 53. The fraction of sp³-hybridized carbons (Fsp3) is 0.950. The van der Waals surface area contributed by atoms with E-state index in [9.17, 15) is 19.5 Å². The molecule has 9 heteroatoms. The molecule has 1 N–H and O–H groups in total. The van der Waals surface area contributed by atoms with E-state index in [4.69, 9.17) is 14.2 Å². The maximum atomic E-state index is 13.8. The zero-order valence-electron chi connectivity index (χ0n) is 47.1. The topological polar surface area (TPSA) is 106 Å². The Balaban J connectivity index is 5.13. The Hall–Kier alpha value is -1.87. The Labute approximate surface area is 428 Å². The fourth-order valence-electron chi connectivity index (χ4n) is 9.51. The average molecular weight is 980 g/mol. The van der Waals surface area contributed by atoms with Gasteiger partial charge in [0.15, 0.2) is 0 Å². The van der Waals surface area contributed by atoms with Crippen molar-refractivity contribution in [2.75, 3.05) is 33.7 Å². The zero-order chi connectivity index (χ0) is 50.8. The third-order valence-corrected chi connectivity index (χ3v) is 14.1. The maximum Gasteiger partial charge on any atom is 0.410 e. The number of aliphatic hydroxyl groups excluding tert-OH is 1. The molecule has 0 spiro atoms. The van der Waals surface area contributed by atoms with Crippen LogP contribution in [0.1, 0.15) is 311 Å². The Bertz CT molecular complexity index is 1040. The molecule has 1 atom stereocenters. The number of hydrogen-bond donors (Lipinski definition) is 1. The summed E-state index contributed by atoms with van der Waals surface area (Å²) in [5, 5.41) is 10.8. The molecule has 0 rings (SSSR count). The number of nitrogens with zero attached hydrogens (tertiary/aromatic N) is 2. The van der Waals surface area contributed by atoms with Gasteiger partial charge in [0.1, 0.15) is 18.3 Å². The molecule has 0 heterocycles. The minimum Gasteiger partial charge on any atom is -0.462 e. The van der Waals surface area contributed by atoms with Crippen LogP contribution < -0.4 is 0 Å². The van der Waals surface area contributed by atoms with Crippen molar-refractivity contribution < 1.29 is 33.7 Å². The third kappa shape index (κ3) is 45.7. The van der Waals surface area contributed by atoms with Crippen LogP contribution in [-0.4, -0.2) is 91.1 Å². The smallest absolute Gasteiger partial charge is 0.410 e. The molecule has 0 saturated carbocycles. The lowest BCUT2D eigenvalue weighted by atomic mass is 10.0. The van der Waals surface area contributed by atoms with Crippen molar-refractivity contribution in [2.24, 2.45) is 0 Å². The standard InChI is InChI=1S/C60H118N2O7/c1-8-13-18-31-41-54(63)50-53-62(52-40-51-61(6)7)60(66)69-57(46-36-27-23-25-29-38-48-58(64)67-55(42-32-19-14-9-2)43-33-20-15-10-3)47-37-28-24-26-30-39-49-59(65)68-56(44-34-21-16-11-4)45-35-22-17-12-5/h54-57,63H,8-53H2,1-7H3. The molecule has 0 aromatic carbocycles. The molecule has 0 aliphatic heterocycles. The molecule has 0 aromatic rings. The highest BCUT2D eigenvalue weighted by Crippen LogP contribution is 2.22. The summed E-state index contributed by atoms with van der Waals surface area (Å²) < 4.78 is 18.4. The molecule has 0 aliphatic rings. The van der Waals surface area contributed by atoms with Crippen LogP contribution >= 0.6 is 0 Å². The lowest BCUT2D eigenvalue weighted by Crippen LogP contribution is -2.38. The van der Waals surface area contributed by atoms with E-state index < -0.39 is 6.10 Å². The molecule has 1 unspecified atom stereocenters. The summed E-state index contributed by atoms with van der Waals surface area (Å²) >= 11 is 0. The van der Waals surface area contributed by atoms with Gasteiger partial charge in [-0.3, -0.25) is 9.59 Å². The summed E-state index contributed by atoms with van der Waals surface area (Å²) in [5.41, 5.74) is 0.